The van der Waals surface area contributed by atoms with Crippen molar-refractivity contribution < 1.29 is 4.79 Å². The second kappa shape index (κ2) is 8.70. The monoisotopic (exact) mass is 423 g/mol. The van der Waals surface area contributed by atoms with E-state index in [-0.39, 0.29) is 0 Å². The lowest BCUT2D eigenvalue weighted by Crippen LogP contribution is -2.55. The van der Waals surface area contributed by atoms with Gasteiger partial charge in [-0.05, 0) is 53.6 Å². The summed E-state index contributed by atoms with van der Waals surface area (Å²) in [6.45, 7) is 6.22. The van der Waals surface area contributed by atoms with Gasteiger partial charge in [0.15, 0.2) is 0 Å². The molecule has 5 heteroatoms. The molecule has 5 rings (SSSR count). The van der Waals surface area contributed by atoms with E-state index in [0.29, 0.717) is 12.5 Å². The fourth-order valence-electron chi connectivity index (χ4n) is 4.97. The third-order valence-electron chi connectivity index (χ3n) is 7.07. The highest BCUT2D eigenvalue weighted by molar-refractivity contribution is 6.30. The fraction of sp³-hybridized carbons (Fsp3) is 0.480. The van der Waals surface area contributed by atoms with Crippen molar-refractivity contribution in [2.24, 2.45) is 0 Å². The van der Waals surface area contributed by atoms with Gasteiger partial charge in [-0.3, -0.25) is 14.6 Å². The van der Waals surface area contributed by atoms with Crippen LogP contribution in [-0.4, -0.2) is 65.9 Å². The third kappa shape index (κ3) is 4.27. The highest BCUT2D eigenvalue weighted by atomic mass is 35.5. The lowest BCUT2D eigenvalue weighted by Gasteiger charge is -2.43. The molecule has 2 aliphatic heterocycles. The molecule has 1 aliphatic carbocycles. The normalized spacial score (nSPS) is 20.6. The third-order valence-corrected chi connectivity index (χ3v) is 7.31. The van der Waals surface area contributed by atoms with E-state index >= 15 is 0 Å². The first-order valence-electron chi connectivity index (χ1n) is 11.3. The van der Waals surface area contributed by atoms with Crippen LogP contribution < -0.4 is 0 Å². The van der Waals surface area contributed by atoms with Crippen molar-refractivity contribution in [3.63, 3.8) is 0 Å². The molecule has 2 fully saturated rings. The minimum absolute atomic E-state index is 0.294. The topological polar surface area (TPSA) is 26.8 Å². The molecular formula is C25H30ClN3O. The summed E-state index contributed by atoms with van der Waals surface area (Å²) in [6, 6.07) is 15.5. The Balaban J connectivity index is 1.17. The molecule has 0 unspecified atom stereocenters. The van der Waals surface area contributed by atoms with Crippen LogP contribution in [0.15, 0.2) is 42.5 Å². The number of rotatable bonds is 4. The van der Waals surface area contributed by atoms with Gasteiger partial charge in [-0.2, -0.15) is 0 Å². The van der Waals surface area contributed by atoms with Crippen molar-refractivity contribution in [1.82, 2.24) is 14.7 Å². The van der Waals surface area contributed by atoms with Crippen molar-refractivity contribution >= 4 is 17.5 Å². The summed E-state index contributed by atoms with van der Waals surface area (Å²) in [6.07, 6.45) is 5.06. The van der Waals surface area contributed by atoms with Gasteiger partial charge < -0.3 is 4.90 Å². The number of halogens is 1. The van der Waals surface area contributed by atoms with Gasteiger partial charge in [0, 0.05) is 50.3 Å². The van der Waals surface area contributed by atoms with E-state index < -0.39 is 0 Å². The molecule has 4 nitrogen and oxygen atoms in total. The first kappa shape index (κ1) is 20.0. The minimum atomic E-state index is 0.294. The number of carbonyl (C=O) groups is 1. The van der Waals surface area contributed by atoms with Gasteiger partial charge in [0.25, 0.3) is 0 Å². The second-order valence-electron chi connectivity index (χ2n) is 8.96. The lowest BCUT2D eigenvalue weighted by molar-refractivity contribution is -0.135. The van der Waals surface area contributed by atoms with Crippen molar-refractivity contribution in [3.05, 3.63) is 58.6 Å². The molecule has 0 N–H and O–H groups in total. The van der Waals surface area contributed by atoms with Gasteiger partial charge in [-0.1, -0.05) is 48.4 Å². The molecule has 2 aromatic carbocycles. The van der Waals surface area contributed by atoms with Crippen LogP contribution in [0.25, 0.3) is 11.1 Å². The Morgan fingerprint density at radius 3 is 2.47 bits per heavy atom. The van der Waals surface area contributed by atoms with Crippen LogP contribution in [0.4, 0.5) is 0 Å². The molecule has 1 saturated carbocycles. The predicted molar refractivity (Wildman–Crippen MR) is 122 cm³/mol. The van der Waals surface area contributed by atoms with Crippen LogP contribution in [0.2, 0.25) is 5.02 Å². The number of hydrogen-bond acceptors (Lipinski definition) is 3. The number of nitrogens with zero attached hydrogens (tertiary/aromatic N) is 3. The summed E-state index contributed by atoms with van der Waals surface area (Å²) in [5, 5.41) is 0.767. The maximum absolute atomic E-state index is 12.9. The smallest absolute Gasteiger partial charge is 0.236 e. The van der Waals surface area contributed by atoms with E-state index in [1.54, 1.807) is 0 Å². The molecule has 30 heavy (non-hydrogen) atoms. The average molecular weight is 424 g/mol. The maximum Gasteiger partial charge on any atom is 0.236 e. The quantitative estimate of drug-likeness (QED) is 0.741. The Bertz CT molecular complexity index is 918. The lowest BCUT2D eigenvalue weighted by atomic mass is 9.91. The Hall–Kier alpha value is -1.88. The Morgan fingerprint density at radius 1 is 0.933 bits per heavy atom. The molecule has 0 atom stereocenters. The van der Waals surface area contributed by atoms with Gasteiger partial charge >= 0.3 is 0 Å². The zero-order valence-electron chi connectivity index (χ0n) is 17.5. The van der Waals surface area contributed by atoms with Crippen LogP contribution in [0.1, 0.15) is 30.4 Å². The first-order valence-corrected chi connectivity index (χ1v) is 11.7. The van der Waals surface area contributed by atoms with Crippen molar-refractivity contribution in [3.8, 4) is 11.1 Å². The Morgan fingerprint density at radius 2 is 1.73 bits per heavy atom. The Labute approximate surface area is 184 Å². The molecular weight excluding hydrogens is 394 g/mol. The van der Waals surface area contributed by atoms with Gasteiger partial charge in [0.05, 0.1) is 6.54 Å². The number of fused-ring (bicyclic) bond motifs is 1. The molecule has 1 amide bonds. The van der Waals surface area contributed by atoms with E-state index in [9.17, 15) is 4.79 Å². The largest absolute Gasteiger partial charge is 0.339 e. The SMILES string of the molecule is O=C(CN1CCc2cc(-c3cccc(Cl)c3)ccc2C1)N1CCN(C2CCC2)CC1. The molecule has 2 heterocycles. The maximum atomic E-state index is 12.9. The molecule has 0 radical (unpaired) electrons. The number of amides is 1. The minimum Gasteiger partial charge on any atom is -0.339 e. The summed E-state index contributed by atoms with van der Waals surface area (Å²) in [4.78, 5) is 19.8. The molecule has 0 aromatic heterocycles. The number of piperazine rings is 1. The zero-order chi connectivity index (χ0) is 20.5. The summed E-state index contributed by atoms with van der Waals surface area (Å²) < 4.78 is 0. The molecule has 3 aliphatic rings. The van der Waals surface area contributed by atoms with Crippen molar-refractivity contribution in [1.29, 1.82) is 0 Å². The van der Waals surface area contributed by atoms with Crippen LogP contribution >= 0.6 is 11.6 Å². The van der Waals surface area contributed by atoms with Gasteiger partial charge in [0.2, 0.25) is 5.91 Å². The van der Waals surface area contributed by atoms with E-state index in [1.807, 2.05) is 18.2 Å². The van der Waals surface area contributed by atoms with Crippen LogP contribution in [0.3, 0.4) is 0 Å². The predicted octanol–water partition coefficient (Wildman–Crippen LogP) is 4.06. The summed E-state index contributed by atoms with van der Waals surface area (Å²) in [5.41, 5.74) is 5.11. The highest BCUT2D eigenvalue weighted by Gasteiger charge is 2.30. The molecule has 0 bridgehead atoms. The van der Waals surface area contributed by atoms with E-state index in [4.69, 9.17) is 11.6 Å². The van der Waals surface area contributed by atoms with Gasteiger partial charge in [-0.25, -0.2) is 0 Å². The van der Waals surface area contributed by atoms with Crippen molar-refractivity contribution in [2.75, 3.05) is 39.3 Å². The van der Waals surface area contributed by atoms with Crippen molar-refractivity contribution in [2.45, 2.75) is 38.3 Å². The first-order chi connectivity index (χ1) is 14.7. The van der Waals surface area contributed by atoms with Gasteiger partial charge in [0.1, 0.15) is 0 Å². The zero-order valence-corrected chi connectivity index (χ0v) is 18.3. The van der Waals surface area contributed by atoms with E-state index in [1.165, 1.54) is 36.0 Å². The number of hydrogen-bond donors (Lipinski definition) is 0. The standard InChI is InChI=1S/C25H30ClN3O/c26-23-4-1-3-19(16-23)20-7-8-22-17-27(10-9-21(22)15-20)18-25(30)29-13-11-28(12-14-29)24-5-2-6-24/h1,3-4,7-8,15-16,24H,2,5-6,9-14,17-18H2. The Kier molecular flexibility index (Phi) is 5.81. The number of carbonyl (C=O) groups excluding carboxylic acids is 1. The van der Waals surface area contributed by atoms with Crippen LogP contribution in [0, 0.1) is 0 Å². The molecule has 1 saturated heterocycles. The number of benzene rings is 2. The highest BCUT2D eigenvalue weighted by Crippen LogP contribution is 2.28. The van der Waals surface area contributed by atoms with E-state index in [2.05, 4.69) is 39.0 Å². The molecule has 2 aromatic rings. The molecule has 0 spiro atoms. The van der Waals surface area contributed by atoms with Gasteiger partial charge in [-0.15, -0.1) is 0 Å². The van der Waals surface area contributed by atoms with Crippen LogP contribution in [0.5, 0.6) is 0 Å². The summed E-state index contributed by atoms with van der Waals surface area (Å²) in [5.74, 6) is 0.294. The van der Waals surface area contributed by atoms with Crippen LogP contribution in [-0.2, 0) is 17.8 Å². The fourth-order valence-corrected chi connectivity index (χ4v) is 5.16. The average Bonchev–Trinajstić information content (AvgIpc) is 2.72. The summed E-state index contributed by atoms with van der Waals surface area (Å²) >= 11 is 6.16. The summed E-state index contributed by atoms with van der Waals surface area (Å²) in [7, 11) is 0. The van der Waals surface area contributed by atoms with E-state index in [0.717, 1.165) is 62.3 Å². The second-order valence-corrected chi connectivity index (χ2v) is 9.39. The molecule has 158 valence electrons.